The number of aromatic nitrogens is 2. The molecule has 1 aromatic heterocycles. The predicted octanol–water partition coefficient (Wildman–Crippen LogP) is 2.42. The fraction of sp³-hybridized carbons (Fsp3) is 0.533. The summed E-state index contributed by atoms with van der Waals surface area (Å²) in [5.74, 6) is 0.568. The molecule has 0 aliphatic heterocycles. The molecule has 116 valence electrons. The Kier molecular flexibility index (Phi) is 3.78. The van der Waals surface area contributed by atoms with Gasteiger partial charge in [-0.3, -0.25) is 4.68 Å². The van der Waals surface area contributed by atoms with E-state index in [-0.39, 0.29) is 11.2 Å². The highest BCUT2D eigenvalue weighted by molar-refractivity contribution is 7.89. The van der Waals surface area contributed by atoms with E-state index >= 15 is 0 Å². The molecule has 21 heavy (non-hydrogen) atoms. The van der Waals surface area contributed by atoms with Crippen molar-refractivity contribution in [2.45, 2.75) is 31.9 Å². The lowest BCUT2D eigenvalue weighted by molar-refractivity contribution is 0.419. The number of rotatable bonds is 3. The van der Waals surface area contributed by atoms with Crippen LogP contribution in [0, 0.1) is 0 Å². The Morgan fingerprint density at radius 3 is 2.38 bits per heavy atom. The van der Waals surface area contributed by atoms with Crippen LogP contribution < -0.4 is 4.74 Å². The Morgan fingerprint density at radius 2 is 1.90 bits per heavy atom. The van der Waals surface area contributed by atoms with Crippen molar-refractivity contribution in [2.75, 3.05) is 13.4 Å². The number of nitrogens with zero attached hydrogens (tertiary/aromatic N) is 2. The second kappa shape index (κ2) is 5.02. The van der Waals surface area contributed by atoms with Gasteiger partial charge in [0.15, 0.2) is 9.84 Å². The summed E-state index contributed by atoms with van der Waals surface area (Å²) in [6.07, 6.45) is 1.22. The van der Waals surface area contributed by atoms with E-state index < -0.39 is 9.84 Å². The molecule has 0 amide bonds. The Hall–Kier alpha value is -1.56. The van der Waals surface area contributed by atoms with E-state index in [4.69, 9.17) is 4.74 Å². The van der Waals surface area contributed by atoms with Crippen LogP contribution in [-0.4, -0.2) is 31.6 Å². The topological polar surface area (TPSA) is 61.2 Å². The molecule has 6 heteroatoms. The summed E-state index contributed by atoms with van der Waals surface area (Å²) in [6.45, 7) is 6.37. The van der Waals surface area contributed by atoms with E-state index in [9.17, 15) is 8.42 Å². The van der Waals surface area contributed by atoms with Crippen LogP contribution in [0.3, 0.4) is 0 Å². The molecule has 0 aliphatic carbocycles. The van der Waals surface area contributed by atoms with E-state index in [1.807, 2.05) is 19.2 Å². The maximum Gasteiger partial charge on any atom is 0.153 e. The molecular weight excluding hydrogens is 288 g/mol. The SMILES string of the molecule is COc1ccc(C(C)(C)C)c2c1c(CS(C)(=O)=O)nn2C. The Morgan fingerprint density at radius 1 is 1.29 bits per heavy atom. The fourth-order valence-electron chi connectivity index (χ4n) is 2.59. The van der Waals surface area contributed by atoms with E-state index in [2.05, 4.69) is 25.9 Å². The van der Waals surface area contributed by atoms with Crippen LogP contribution in [0.15, 0.2) is 12.1 Å². The zero-order valence-corrected chi connectivity index (χ0v) is 14.2. The zero-order valence-electron chi connectivity index (χ0n) is 13.4. The number of ether oxygens (including phenoxy) is 1. The maximum absolute atomic E-state index is 11.6. The maximum atomic E-state index is 11.6. The van der Waals surface area contributed by atoms with Gasteiger partial charge in [0.1, 0.15) is 5.75 Å². The van der Waals surface area contributed by atoms with Gasteiger partial charge >= 0.3 is 0 Å². The lowest BCUT2D eigenvalue weighted by Crippen LogP contribution is -2.13. The second-order valence-electron chi connectivity index (χ2n) is 6.43. The molecule has 0 N–H and O–H groups in total. The third kappa shape index (κ3) is 3.05. The molecule has 5 nitrogen and oxygen atoms in total. The van der Waals surface area contributed by atoms with Gasteiger partial charge in [-0.25, -0.2) is 8.42 Å². The first-order valence-corrected chi connectivity index (χ1v) is 8.81. The smallest absolute Gasteiger partial charge is 0.153 e. The number of hydrogen-bond acceptors (Lipinski definition) is 4. The van der Waals surface area contributed by atoms with Crippen molar-refractivity contribution in [1.82, 2.24) is 9.78 Å². The number of aryl methyl sites for hydroxylation is 1. The van der Waals surface area contributed by atoms with Crippen LogP contribution in [0.5, 0.6) is 5.75 Å². The highest BCUT2D eigenvalue weighted by atomic mass is 32.2. The second-order valence-corrected chi connectivity index (χ2v) is 8.57. The highest BCUT2D eigenvalue weighted by Gasteiger charge is 2.24. The van der Waals surface area contributed by atoms with Gasteiger partial charge in [0.2, 0.25) is 0 Å². The molecule has 1 aromatic carbocycles. The lowest BCUT2D eigenvalue weighted by Gasteiger charge is -2.21. The van der Waals surface area contributed by atoms with Crippen LogP contribution in [0.25, 0.3) is 10.9 Å². The van der Waals surface area contributed by atoms with Gasteiger partial charge < -0.3 is 4.74 Å². The van der Waals surface area contributed by atoms with Gasteiger partial charge in [-0.1, -0.05) is 26.8 Å². The summed E-state index contributed by atoms with van der Waals surface area (Å²) in [6, 6.07) is 3.91. The van der Waals surface area contributed by atoms with Gasteiger partial charge in [-0.05, 0) is 17.0 Å². The molecule has 2 aromatic rings. The largest absolute Gasteiger partial charge is 0.496 e. The van der Waals surface area contributed by atoms with Crippen molar-refractivity contribution in [2.24, 2.45) is 7.05 Å². The van der Waals surface area contributed by atoms with Gasteiger partial charge in [-0.15, -0.1) is 0 Å². The van der Waals surface area contributed by atoms with E-state index in [0.717, 1.165) is 16.5 Å². The fourth-order valence-corrected chi connectivity index (χ4v) is 3.29. The first-order valence-electron chi connectivity index (χ1n) is 6.75. The standard InChI is InChI=1S/C15H22N2O3S/c1-15(2,3)10-7-8-12(20-5)13-11(9-21(6,18)19)16-17(4)14(10)13/h7-8H,9H2,1-6H3. The molecule has 0 radical (unpaired) electrons. The Balaban J connectivity index is 2.86. The van der Waals surface area contributed by atoms with Gasteiger partial charge in [0.05, 0.1) is 29.5 Å². The first-order chi connectivity index (χ1) is 9.54. The quantitative estimate of drug-likeness (QED) is 0.873. The molecule has 0 atom stereocenters. The summed E-state index contributed by atoms with van der Waals surface area (Å²) in [5, 5.41) is 5.21. The van der Waals surface area contributed by atoms with Crippen molar-refractivity contribution < 1.29 is 13.2 Å². The summed E-state index contributed by atoms with van der Waals surface area (Å²) in [7, 11) is 0.262. The van der Waals surface area contributed by atoms with Crippen LogP contribution in [0.1, 0.15) is 32.0 Å². The van der Waals surface area contributed by atoms with Crippen LogP contribution in [0.4, 0.5) is 0 Å². The minimum Gasteiger partial charge on any atom is -0.496 e. The van der Waals surface area contributed by atoms with Gasteiger partial charge in [0.25, 0.3) is 0 Å². The van der Waals surface area contributed by atoms with Gasteiger partial charge in [-0.2, -0.15) is 5.10 Å². The molecular formula is C15H22N2O3S. The van der Waals surface area contributed by atoms with Gasteiger partial charge in [0, 0.05) is 13.3 Å². The highest BCUT2D eigenvalue weighted by Crippen LogP contribution is 2.37. The summed E-state index contributed by atoms with van der Waals surface area (Å²) >= 11 is 0. The van der Waals surface area contributed by atoms with Crippen molar-refractivity contribution in [3.63, 3.8) is 0 Å². The van der Waals surface area contributed by atoms with Crippen molar-refractivity contribution in [3.05, 3.63) is 23.4 Å². The molecule has 0 unspecified atom stereocenters. The number of benzene rings is 1. The lowest BCUT2D eigenvalue weighted by atomic mass is 9.85. The van der Waals surface area contributed by atoms with Crippen molar-refractivity contribution >= 4 is 20.7 Å². The monoisotopic (exact) mass is 310 g/mol. The third-order valence-electron chi connectivity index (χ3n) is 3.45. The van der Waals surface area contributed by atoms with Crippen LogP contribution in [0.2, 0.25) is 0 Å². The predicted molar refractivity (Wildman–Crippen MR) is 84.5 cm³/mol. The first kappa shape index (κ1) is 15.8. The third-order valence-corrected chi connectivity index (χ3v) is 4.25. The Labute approximate surface area is 125 Å². The molecule has 1 heterocycles. The van der Waals surface area contributed by atoms with E-state index in [1.54, 1.807) is 11.8 Å². The average Bonchev–Trinajstić information content (AvgIpc) is 2.62. The van der Waals surface area contributed by atoms with Crippen molar-refractivity contribution in [3.8, 4) is 5.75 Å². The van der Waals surface area contributed by atoms with E-state index in [1.165, 1.54) is 6.26 Å². The summed E-state index contributed by atoms with van der Waals surface area (Å²) < 4.78 is 30.5. The molecule has 2 rings (SSSR count). The number of sulfone groups is 1. The number of fused-ring (bicyclic) bond motifs is 1. The molecule has 0 bridgehead atoms. The molecule has 0 saturated heterocycles. The van der Waals surface area contributed by atoms with E-state index in [0.29, 0.717) is 11.4 Å². The normalized spacial score (nSPS) is 12.9. The number of hydrogen-bond donors (Lipinski definition) is 0. The van der Waals surface area contributed by atoms with Crippen LogP contribution in [-0.2, 0) is 28.1 Å². The van der Waals surface area contributed by atoms with Crippen molar-refractivity contribution in [1.29, 1.82) is 0 Å². The minimum absolute atomic E-state index is 0.0688. The molecule has 0 aliphatic rings. The molecule has 0 saturated carbocycles. The summed E-state index contributed by atoms with van der Waals surface area (Å²) in [4.78, 5) is 0. The number of methoxy groups -OCH3 is 1. The molecule has 0 fully saturated rings. The minimum atomic E-state index is -3.16. The Bertz CT molecular complexity index is 783. The average molecular weight is 310 g/mol. The zero-order chi connectivity index (χ0) is 16.0. The summed E-state index contributed by atoms with van der Waals surface area (Å²) in [5.41, 5.74) is 2.52. The molecule has 0 spiro atoms. The van der Waals surface area contributed by atoms with Crippen LogP contribution >= 0.6 is 0 Å².